The number of aliphatic hydroxyl groups excluding tert-OH is 1. The van der Waals surface area contributed by atoms with Crippen LogP contribution in [0.3, 0.4) is 0 Å². The highest BCUT2D eigenvalue weighted by Gasteiger charge is 2.14. The first kappa shape index (κ1) is 18.4. The van der Waals surface area contributed by atoms with E-state index in [9.17, 15) is 14.1 Å². The van der Waals surface area contributed by atoms with Gasteiger partial charge in [-0.1, -0.05) is 12.1 Å². The SMILES string of the molecule is CN=Cc1cc(-c2ccc3cc(C(O)CCN(F)F)sc3c2)cnc1N. The van der Waals surface area contributed by atoms with E-state index in [2.05, 4.69) is 9.98 Å². The summed E-state index contributed by atoms with van der Waals surface area (Å²) in [6.45, 7) is -0.473. The minimum absolute atomic E-state index is 0.0196. The minimum atomic E-state index is -0.917. The number of nitrogen functional groups attached to an aromatic ring is 1. The van der Waals surface area contributed by atoms with E-state index < -0.39 is 18.0 Å². The monoisotopic (exact) mass is 376 g/mol. The van der Waals surface area contributed by atoms with Crippen molar-refractivity contribution in [3.8, 4) is 11.1 Å². The fourth-order valence-electron chi connectivity index (χ4n) is 2.65. The molecule has 2 aromatic heterocycles. The standard InChI is InChI=1S/C18H18F2N4OS/c1-22-9-14-6-13(10-23-18(14)21)11-2-3-12-8-17(26-16(12)7-11)15(25)4-5-24(19)20/h2-3,6-10,15,25H,4-5H2,1H3,(H2,21,23). The quantitative estimate of drug-likeness (QED) is 0.502. The van der Waals surface area contributed by atoms with Gasteiger partial charge in [-0.25, -0.2) is 4.98 Å². The van der Waals surface area contributed by atoms with Gasteiger partial charge in [-0.3, -0.25) is 4.99 Å². The number of pyridine rings is 1. The largest absolute Gasteiger partial charge is 0.388 e. The number of rotatable bonds is 6. The average Bonchev–Trinajstić information content (AvgIpc) is 3.05. The van der Waals surface area contributed by atoms with Crippen LogP contribution >= 0.6 is 11.3 Å². The van der Waals surface area contributed by atoms with Gasteiger partial charge < -0.3 is 10.8 Å². The van der Waals surface area contributed by atoms with Crippen LogP contribution in [0.15, 0.2) is 41.5 Å². The second-order valence-electron chi connectivity index (χ2n) is 5.82. The number of fused-ring (bicyclic) bond motifs is 1. The highest BCUT2D eigenvalue weighted by molar-refractivity contribution is 7.19. The summed E-state index contributed by atoms with van der Waals surface area (Å²) in [7, 11) is 1.67. The number of halogens is 2. The summed E-state index contributed by atoms with van der Waals surface area (Å²) < 4.78 is 25.3. The van der Waals surface area contributed by atoms with Crippen molar-refractivity contribution >= 4 is 33.5 Å². The molecule has 0 saturated carbocycles. The summed E-state index contributed by atoms with van der Waals surface area (Å²) in [6, 6.07) is 9.64. The summed E-state index contributed by atoms with van der Waals surface area (Å²) >= 11 is 1.40. The topological polar surface area (TPSA) is 74.7 Å². The first-order valence-corrected chi connectivity index (χ1v) is 8.78. The maximum absolute atomic E-state index is 12.2. The molecule has 0 fully saturated rings. The molecule has 0 radical (unpaired) electrons. The lowest BCUT2D eigenvalue weighted by Crippen LogP contribution is -2.07. The number of benzene rings is 1. The number of aliphatic imine (C=N–C) groups is 1. The molecule has 0 bridgehead atoms. The zero-order valence-corrected chi connectivity index (χ0v) is 14.9. The molecule has 3 rings (SSSR count). The van der Waals surface area contributed by atoms with Crippen molar-refractivity contribution in [2.45, 2.75) is 12.5 Å². The summed E-state index contributed by atoms with van der Waals surface area (Å²) in [5.74, 6) is 0.414. The van der Waals surface area contributed by atoms with Crippen LogP contribution in [0.5, 0.6) is 0 Å². The van der Waals surface area contributed by atoms with E-state index in [-0.39, 0.29) is 6.42 Å². The summed E-state index contributed by atoms with van der Waals surface area (Å²) in [6.07, 6.45) is 2.43. The molecule has 0 spiro atoms. The molecule has 136 valence electrons. The first-order chi connectivity index (χ1) is 12.5. The van der Waals surface area contributed by atoms with Crippen molar-refractivity contribution in [1.82, 2.24) is 10.3 Å². The molecule has 1 unspecified atom stereocenters. The van der Waals surface area contributed by atoms with Gasteiger partial charge in [0, 0.05) is 45.5 Å². The van der Waals surface area contributed by atoms with E-state index >= 15 is 0 Å². The van der Waals surface area contributed by atoms with Gasteiger partial charge in [-0.2, -0.15) is 0 Å². The molecule has 0 aliphatic rings. The second kappa shape index (κ2) is 7.86. The van der Waals surface area contributed by atoms with Crippen molar-refractivity contribution in [2.24, 2.45) is 4.99 Å². The Hall–Kier alpha value is -2.42. The van der Waals surface area contributed by atoms with Crippen LogP contribution in [0.4, 0.5) is 14.8 Å². The highest BCUT2D eigenvalue weighted by Crippen LogP contribution is 2.34. The van der Waals surface area contributed by atoms with E-state index in [0.29, 0.717) is 10.7 Å². The molecule has 0 aliphatic carbocycles. The van der Waals surface area contributed by atoms with E-state index in [1.165, 1.54) is 11.3 Å². The summed E-state index contributed by atoms with van der Waals surface area (Å²) in [4.78, 5) is 8.85. The fraction of sp³-hybridized carbons (Fsp3) is 0.222. The maximum Gasteiger partial charge on any atom is 0.132 e. The molecular formula is C18H18F2N4OS. The van der Waals surface area contributed by atoms with E-state index in [1.54, 1.807) is 19.5 Å². The normalized spacial score (nSPS) is 13.1. The molecule has 1 atom stereocenters. The predicted octanol–water partition coefficient (Wildman–Crippen LogP) is 4.09. The lowest BCUT2D eigenvalue weighted by Gasteiger charge is -2.07. The Balaban J connectivity index is 1.91. The fourth-order valence-corrected chi connectivity index (χ4v) is 3.77. The molecule has 5 nitrogen and oxygen atoms in total. The van der Waals surface area contributed by atoms with Crippen molar-refractivity contribution in [3.05, 3.63) is 47.0 Å². The van der Waals surface area contributed by atoms with Crippen LogP contribution in [0.25, 0.3) is 21.2 Å². The molecule has 8 heteroatoms. The lowest BCUT2D eigenvalue weighted by molar-refractivity contribution is -0.157. The molecule has 3 aromatic rings. The Morgan fingerprint density at radius 3 is 2.85 bits per heavy atom. The van der Waals surface area contributed by atoms with Gasteiger partial charge >= 0.3 is 0 Å². The predicted molar refractivity (Wildman–Crippen MR) is 101 cm³/mol. The third kappa shape index (κ3) is 4.04. The van der Waals surface area contributed by atoms with Crippen LogP contribution in [0.2, 0.25) is 0 Å². The van der Waals surface area contributed by atoms with Gasteiger partial charge in [0.1, 0.15) is 5.82 Å². The number of nitrogens with two attached hydrogens (primary N) is 1. The van der Waals surface area contributed by atoms with Crippen LogP contribution in [0.1, 0.15) is 23.0 Å². The third-order valence-electron chi connectivity index (χ3n) is 3.99. The van der Waals surface area contributed by atoms with Crippen molar-refractivity contribution < 1.29 is 14.1 Å². The van der Waals surface area contributed by atoms with Gasteiger partial charge in [0.05, 0.1) is 12.6 Å². The average molecular weight is 376 g/mol. The third-order valence-corrected chi connectivity index (χ3v) is 5.19. The van der Waals surface area contributed by atoms with E-state index in [0.717, 1.165) is 26.8 Å². The van der Waals surface area contributed by atoms with E-state index in [1.807, 2.05) is 30.3 Å². The number of nitrogens with zero attached hydrogens (tertiary/aromatic N) is 3. The molecule has 3 N–H and O–H groups in total. The molecule has 0 amide bonds. The number of hydrogen-bond donors (Lipinski definition) is 2. The van der Waals surface area contributed by atoms with Gasteiger partial charge in [0.2, 0.25) is 0 Å². The molecule has 26 heavy (non-hydrogen) atoms. The number of anilines is 1. The van der Waals surface area contributed by atoms with Gasteiger partial charge in [0.25, 0.3) is 0 Å². The number of thiophene rings is 1. The Kier molecular flexibility index (Phi) is 5.55. The summed E-state index contributed by atoms with van der Waals surface area (Å²) in [5, 5.41) is 10.1. The molecule has 2 heterocycles. The highest BCUT2D eigenvalue weighted by atomic mass is 32.1. The minimum Gasteiger partial charge on any atom is -0.388 e. The van der Waals surface area contributed by atoms with Crippen molar-refractivity contribution in [2.75, 3.05) is 19.3 Å². The van der Waals surface area contributed by atoms with Gasteiger partial charge in [-0.05, 0) is 35.6 Å². The molecule has 0 aliphatic heterocycles. The first-order valence-electron chi connectivity index (χ1n) is 7.96. The number of aliphatic hydroxyl groups is 1. The zero-order valence-electron chi connectivity index (χ0n) is 14.1. The van der Waals surface area contributed by atoms with Crippen LogP contribution in [-0.4, -0.2) is 35.2 Å². The Labute approximate surface area is 153 Å². The Morgan fingerprint density at radius 2 is 2.12 bits per heavy atom. The molecular weight excluding hydrogens is 358 g/mol. The Bertz CT molecular complexity index is 942. The van der Waals surface area contributed by atoms with Gasteiger partial charge in [0.15, 0.2) is 0 Å². The summed E-state index contributed by atoms with van der Waals surface area (Å²) in [5.41, 5.74) is 8.45. The van der Waals surface area contributed by atoms with Crippen LogP contribution < -0.4 is 5.73 Å². The number of aromatic nitrogens is 1. The smallest absolute Gasteiger partial charge is 0.132 e. The van der Waals surface area contributed by atoms with Gasteiger partial charge in [-0.15, -0.1) is 20.3 Å². The van der Waals surface area contributed by atoms with Crippen LogP contribution in [-0.2, 0) is 0 Å². The molecule has 0 saturated heterocycles. The molecule has 1 aromatic carbocycles. The lowest BCUT2D eigenvalue weighted by atomic mass is 10.0. The Morgan fingerprint density at radius 1 is 1.31 bits per heavy atom. The van der Waals surface area contributed by atoms with Crippen molar-refractivity contribution in [1.29, 1.82) is 0 Å². The van der Waals surface area contributed by atoms with Crippen LogP contribution in [0, 0.1) is 0 Å². The number of hydrogen-bond acceptors (Lipinski definition) is 6. The van der Waals surface area contributed by atoms with Crippen molar-refractivity contribution in [3.63, 3.8) is 0 Å². The van der Waals surface area contributed by atoms with E-state index in [4.69, 9.17) is 5.73 Å². The maximum atomic E-state index is 12.2. The zero-order chi connectivity index (χ0) is 18.7. The second-order valence-corrected chi connectivity index (χ2v) is 6.93.